The van der Waals surface area contributed by atoms with E-state index in [4.69, 9.17) is 4.42 Å². The number of amides is 1. The van der Waals surface area contributed by atoms with Crippen molar-refractivity contribution >= 4 is 33.1 Å². The Balaban J connectivity index is 1.46. The minimum Gasteiger partial charge on any atom is -0.457 e. The fourth-order valence-corrected chi connectivity index (χ4v) is 3.71. The van der Waals surface area contributed by atoms with E-state index in [2.05, 4.69) is 10.3 Å². The third-order valence-electron chi connectivity index (χ3n) is 4.26. The zero-order valence-electron chi connectivity index (χ0n) is 14.8. The van der Waals surface area contributed by atoms with E-state index in [0.717, 1.165) is 15.2 Å². The predicted octanol–water partition coefficient (Wildman–Crippen LogP) is 4.70. The highest BCUT2D eigenvalue weighted by atomic mass is 32.1. The quantitative estimate of drug-likeness (QED) is 0.391. The Morgan fingerprint density at radius 1 is 1.21 bits per heavy atom. The van der Waals surface area contributed by atoms with Crippen LogP contribution in [-0.2, 0) is 6.54 Å². The van der Waals surface area contributed by atoms with Crippen LogP contribution in [0.5, 0.6) is 0 Å². The van der Waals surface area contributed by atoms with Gasteiger partial charge in [-0.05, 0) is 37.3 Å². The number of rotatable bonds is 5. The molecule has 4 aromatic rings. The molecule has 2 aromatic carbocycles. The van der Waals surface area contributed by atoms with Gasteiger partial charge in [0.15, 0.2) is 10.8 Å². The van der Waals surface area contributed by atoms with Gasteiger partial charge in [0, 0.05) is 17.2 Å². The number of para-hydroxylation sites is 1. The number of nitro groups is 1. The van der Waals surface area contributed by atoms with Gasteiger partial charge >= 0.3 is 0 Å². The second-order valence-electron chi connectivity index (χ2n) is 6.19. The number of fused-ring (bicyclic) bond motifs is 1. The fraction of sp³-hybridized carbons (Fsp3) is 0.100. The van der Waals surface area contributed by atoms with Gasteiger partial charge in [-0.3, -0.25) is 14.9 Å². The lowest BCUT2D eigenvalue weighted by Gasteiger charge is -2.04. The summed E-state index contributed by atoms with van der Waals surface area (Å²) in [6.07, 6.45) is 0. The number of hydrogen-bond donors (Lipinski definition) is 1. The van der Waals surface area contributed by atoms with Crippen molar-refractivity contribution in [3.63, 3.8) is 0 Å². The first kappa shape index (κ1) is 17.9. The molecule has 8 heteroatoms. The SMILES string of the molecule is Cc1ccc(C(=O)NCc2ccc(-c3nc4ccccc4s3)o2)cc1[N+](=O)[O-]. The minimum atomic E-state index is -0.497. The summed E-state index contributed by atoms with van der Waals surface area (Å²) in [4.78, 5) is 27.4. The van der Waals surface area contributed by atoms with Crippen LogP contribution in [-0.4, -0.2) is 15.8 Å². The van der Waals surface area contributed by atoms with Gasteiger partial charge in [-0.25, -0.2) is 4.98 Å². The highest BCUT2D eigenvalue weighted by molar-refractivity contribution is 7.21. The van der Waals surface area contributed by atoms with Gasteiger partial charge in [-0.1, -0.05) is 18.2 Å². The summed E-state index contributed by atoms with van der Waals surface area (Å²) >= 11 is 1.53. The van der Waals surface area contributed by atoms with Crippen LogP contribution in [0.15, 0.2) is 59.0 Å². The Bertz CT molecular complexity index is 1160. The summed E-state index contributed by atoms with van der Waals surface area (Å²) < 4.78 is 6.87. The number of nitrogens with zero attached hydrogens (tertiary/aromatic N) is 2. The zero-order valence-corrected chi connectivity index (χ0v) is 15.7. The summed E-state index contributed by atoms with van der Waals surface area (Å²) in [5.74, 6) is 0.807. The molecule has 0 spiro atoms. The van der Waals surface area contributed by atoms with Crippen molar-refractivity contribution in [1.82, 2.24) is 10.3 Å². The number of hydrogen-bond acceptors (Lipinski definition) is 6. The molecule has 0 atom stereocenters. The number of thiazole rings is 1. The van der Waals surface area contributed by atoms with Gasteiger partial charge in [-0.15, -0.1) is 11.3 Å². The molecular weight excluding hydrogens is 378 g/mol. The van der Waals surface area contributed by atoms with Crippen LogP contribution in [0.2, 0.25) is 0 Å². The van der Waals surface area contributed by atoms with E-state index in [1.807, 2.05) is 30.3 Å². The second-order valence-corrected chi connectivity index (χ2v) is 7.22. The highest BCUT2D eigenvalue weighted by Gasteiger charge is 2.16. The van der Waals surface area contributed by atoms with E-state index in [1.54, 1.807) is 25.1 Å². The topological polar surface area (TPSA) is 98.3 Å². The van der Waals surface area contributed by atoms with Crippen LogP contribution >= 0.6 is 11.3 Å². The number of furan rings is 1. The molecule has 0 aliphatic carbocycles. The summed E-state index contributed by atoms with van der Waals surface area (Å²) in [6, 6.07) is 15.8. The van der Waals surface area contributed by atoms with Crippen molar-refractivity contribution in [2.45, 2.75) is 13.5 Å². The smallest absolute Gasteiger partial charge is 0.273 e. The summed E-state index contributed by atoms with van der Waals surface area (Å²) in [7, 11) is 0. The molecule has 140 valence electrons. The summed E-state index contributed by atoms with van der Waals surface area (Å²) in [6.45, 7) is 1.80. The predicted molar refractivity (Wildman–Crippen MR) is 106 cm³/mol. The van der Waals surface area contributed by atoms with Gasteiger partial charge in [0.1, 0.15) is 5.76 Å². The molecule has 4 rings (SSSR count). The van der Waals surface area contributed by atoms with Gasteiger partial charge in [-0.2, -0.15) is 0 Å². The van der Waals surface area contributed by atoms with E-state index in [-0.39, 0.29) is 17.8 Å². The van der Waals surface area contributed by atoms with Crippen molar-refractivity contribution in [3.8, 4) is 10.8 Å². The lowest BCUT2D eigenvalue weighted by Crippen LogP contribution is -2.22. The highest BCUT2D eigenvalue weighted by Crippen LogP contribution is 2.31. The molecule has 0 bridgehead atoms. The van der Waals surface area contributed by atoms with Gasteiger partial charge in [0.2, 0.25) is 0 Å². The van der Waals surface area contributed by atoms with Crippen molar-refractivity contribution < 1.29 is 14.1 Å². The van der Waals surface area contributed by atoms with Gasteiger partial charge in [0.25, 0.3) is 11.6 Å². The molecule has 1 N–H and O–H groups in total. The number of benzene rings is 2. The molecular formula is C20H15N3O4S. The normalized spacial score (nSPS) is 10.9. The molecule has 1 amide bonds. The van der Waals surface area contributed by atoms with Crippen molar-refractivity contribution in [2.75, 3.05) is 0 Å². The van der Waals surface area contributed by atoms with Crippen molar-refractivity contribution in [2.24, 2.45) is 0 Å². The maximum absolute atomic E-state index is 12.3. The zero-order chi connectivity index (χ0) is 19.7. The first-order valence-electron chi connectivity index (χ1n) is 8.49. The number of carbonyl (C=O) groups excluding carboxylic acids is 1. The maximum Gasteiger partial charge on any atom is 0.273 e. The third kappa shape index (κ3) is 3.49. The lowest BCUT2D eigenvalue weighted by atomic mass is 10.1. The van der Waals surface area contributed by atoms with Crippen molar-refractivity contribution in [1.29, 1.82) is 0 Å². The van der Waals surface area contributed by atoms with Crippen LogP contribution in [0.1, 0.15) is 21.7 Å². The Labute approximate surface area is 163 Å². The summed E-state index contributed by atoms with van der Waals surface area (Å²) in [5.41, 5.74) is 1.57. The summed E-state index contributed by atoms with van der Waals surface area (Å²) in [5, 5.41) is 14.5. The van der Waals surface area contributed by atoms with Crippen LogP contribution in [0, 0.1) is 17.0 Å². The number of aryl methyl sites for hydroxylation is 1. The van der Waals surface area contributed by atoms with E-state index >= 15 is 0 Å². The van der Waals surface area contributed by atoms with Crippen molar-refractivity contribution in [3.05, 3.63) is 81.6 Å². The lowest BCUT2D eigenvalue weighted by molar-refractivity contribution is -0.385. The average molecular weight is 393 g/mol. The Morgan fingerprint density at radius 3 is 2.82 bits per heavy atom. The Morgan fingerprint density at radius 2 is 2.04 bits per heavy atom. The average Bonchev–Trinajstić information content (AvgIpc) is 3.32. The number of nitro benzene ring substituents is 1. The van der Waals surface area contributed by atoms with Crippen LogP contribution in [0.3, 0.4) is 0 Å². The molecule has 28 heavy (non-hydrogen) atoms. The molecule has 0 radical (unpaired) electrons. The minimum absolute atomic E-state index is 0.0798. The molecule has 0 saturated carbocycles. The first-order valence-corrected chi connectivity index (χ1v) is 9.31. The van der Waals surface area contributed by atoms with E-state index in [0.29, 0.717) is 17.1 Å². The molecule has 2 heterocycles. The fourth-order valence-electron chi connectivity index (χ4n) is 2.78. The molecule has 7 nitrogen and oxygen atoms in total. The number of carbonyl (C=O) groups is 1. The largest absolute Gasteiger partial charge is 0.457 e. The molecule has 0 aliphatic rings. The molecule has 0 aliphatic heterocycles. The third-order valence-corrected chi connectivity index (χ3v) is 5.31. The molecule has 2 aromatic heterocycles. The number of aromatic nitrogens is 1. The van der Waals surface area contributed by atoms with Crippen LogP contribution in [0.25, 0.3) is 21.0 Å². The molecule has 0 unspecified atom stereocenters. The number of nitrogens with one attached hydrogen (secondary N) is 1. The monoisotopic (exact) mass is 393 g/mol. The first-order chi connectivity index (χ1) is 13.5. The Kier molecular flexibility index (Phi) is 4.62. The van der Waals surface area contributed by atoms with E-state index in [9.17, 15) is 14.9 Å². The van der Waals surface area contributed by atoms with E-state index < -0.39 is 10.8 Å². The standard InChI is InChI=1S/C20H15N3O4S/c1-12-6-7-13(10-16(12)23(25)26)19(24)21-11-14-8-9-17(27-14)20-22-15-4-2-3-5-18(15)28-20/h2-10H,11H2,1H3,(H,21,24). The van der Waals surface area contributed by atoms with Crippen LogP contribution in [0.4, 0.5) is 5.69 Å². The van der Waals surface area contributed by atoms with Gasteiger partial charge in [0.05, 0.1) is 21.7 Å². The second kappa shape index (κ2) is 7.24. The molecule has 0 fully saturated rings. The maximum atomic E-state index is 12.3. The van der Waals surface area contributed by atoms with E-state index in [1.165, 1.54) is 17.4 Å². The Hall–Kier alpha value is -3.52. The molecule has 0 saturated heterocycles. The van der Waals surface area contributed by atoms with Crippen LogP contribution < -0.4 is 5.32 Å². The van der Waals surface area contributed by atoms with Gasteiger partial charge < -0.3 is 9.73 Å².